The largest absolute Gasteiger partial charge is 0.463 e. The molecule has 3 heteroatoms. The number of ether oxygens (including phenoxy) is 1. The molecule has 0 heterocycles. The van der Waals surface area contributed by atoms with Crippen molar-refractivity contribution in [2.45, 2.75) is 78.1 Å². The Hall–Kier alpha value is -0.465. The Labute approximate surface area is 108 Å². The number of carbonyl (C=O) groups excluding carboxylic acids is 1. The van der Waals surface area contributed by atoms with E-state index in [0.29, 0.717) is 6.42 Å². The van der Waals surface area contributed by atoms with Gasteiger partial charge in [-0.15, -0.1) is 0 Å². The third-order valence-electron chi connectivity index (χ3n) is 3.02. The van der Waals surface area contributed by atoms with Gasteiger partial charge in [-0.3, -0.25) is 4.79 Å². The van der Waals surface area contributed by atoms with Gasteiger partial charge in [0.1, 0.15) is 7.85 Å². The molecule has 17 heavy (non-hydrogen) atoms. The molecule has 0 bridgehead atoms. The van der Waals surface area contributed by atoms with E-state index in [9.17, 15) is 4.79 Å². The van der Waals surface area contributed by atoms with E-state index in [1.165, 1.54) is 38.4 Å². The summed E-state index contributed by atoms with van der Waals surface area (Å²) in [6.45, 7) is 6.05. The second kappa shape index (κ2) is 10.7. The molecule has 0 aliphatic rings. The Balaban J connectivity index is 3.69. The number of esters is 1. The Kier molecular flexibility index (Phi) is 10.4. The summed E-state index contributed by atoms with van der Waals surface area (Å²) < 4.78 is 5.13. The summed E-state index contributed by atoms with van der Waals surface area (Å²) in [5.41, 5.74) is 0. The molecule has 0 spiro atoms. The van der Waals surface area contributed by atoms with Gasteiger partial charge in [-0.1, -0.05) is 38.9 Å². The van der Waals surface area contributed by atoms with Gasteiger partial charge in [0, 0.05) is 6.42 Å². The summed E-state index contributed by atoms with van der Waals surface area (Å²) in [7, 11) is 2.24. The highest BCUT2D eigenvalue weighted by atomic mass is 16.5. The second-order valence-corrected chi connectivity index (χ2v) is 5.23. The van der Waals surface area contributed by atoms with Gasteiger partial charge >= 0.3 is 5.97 Å². The van der Waals surface area contributed by atoms with Crippen LogP contribution in [0, 0.1) is 5.92 Å². The molecule has 0 rings (SSSR count). The highest BCUT2D eigenvalue weighted by Crippen LogP contribution is 2.21. The van der Waals surface area contributed by atoms with E-state index >= 15 is 0 Å². The minimum absolute atomic E-state index is 0.0223. The lowest BCUT2D eigenvalue weighted by Gasteiger charge is -2.15. The smallest absolute Gasteiger partial charge is 0.306 e. The quantitative estimate of drug-likeness (QED) is 0.432. The summed E-state index contributed by atoms with van der Waals surface area (Å²) in [4.78, 5) is 11.4. The van der Waals surface area contributed by atoms with Crippen molar-refractivity contribution >= 4 is 13.8 Å². The maximum absolute atomic E-state index is 11.4. The normalized spacial score (nSPS) is 12.7. The lowest BCUT2D eigenvalue weighted by Crippen LogP contribution is -2.11. The average molecular weight is 240 g/mol. The van der Waals surface area contributed by atoms with Gasteiger partial charge in [0.05, 0.1) is 6.10 Å². The fourth-order valence-electron chi connectivity index (χ4n) is 2.19. The molecule has 0 aliphatic heterocycles. The Morgan fingerprint density at radius 3 is 2.35 bits per heavy atom. The number of rotatable bonds is 10. The van der Waals surface area contributed by atoms with Gasteiger partial charge in [0.2, 0.25) is 0 Å². The zero-order chi connectivity index (χ0) is 13.1. The van der Waals surface area contributed by atoms with Crippen molar-refractivity contribution in [3.8, 4) is 0 Å². The monoisotopic (exact) mass is 240 g/mol. The van der Waals surface area contributed by atoms with Gasteiger partial charge in [-0.05, 0) is 32.6 Å². The number of hydrogen-bond donors (Lipinski definition) is 0. The Morgan fingerprint density at radius 2 is 1.82 bits per heavy atom. The lowest BCUT2D eigenvalue weighted by molar-refractivity contribution is -0.147. The van der Waals surface area contributed by atoms with Crippen LogP contribution in [0.15, 0.2) is 0 Å². The maximum atomic E-state index is 11.4. The molecular weight excluding hydrogens is 211 g/mol. The summed E-state index contributed by atoms with van der Waals surface area (Å²) in [6, 6.07) is 0. The summed E-state index contributed by atoms with van der Waals surface area (Å²) >= 11 is 0. The van der Waals surface area contributed by atoms with Crippen molar-refractivity contribution in [1.29, 1.82) is 0 Å². The number of hydrogen-bond acceptors (Lipinski definition) is 2. The molecule has 0 aromatic heterocycles. The van der Waals surface area contributed by atoms with Gasteiger partial charge in [0.25, 0.3) is 0 Å². The zero-order valence-electron chi connectivity index (χ0n) is 12.1. The van der Waals surface area contributed by atoms with E-state index < -0.39 is 0 Å². The maximum Gasteiger partial charge on any atom is 0.306 e. The minimum Gasteiger partial charge on any atom is -0.463 e. The minimum atomic E-state index is -0.0364. The molecule has 1 unspecified atom stereocenters. The Morgan fingerprint density at radius 1 is 1.18 bits per heavy atom. The molecule has 0 aromatic carbocycles. The predicted octanol–water partition coefficient (Wildman–Crippen LogP) is 3.36. The summed E-state index contributed by atoms with van der Waals surface area (Å²) in [5.74, 6) is 0.775. The van der Waals surface area contributed by atoms with Crippen LogP contribution in [0.25, 0.3) is 0 Å². The van der Waals surface area contributed by atoms with Crippen LogP contribution in [-0.4, -0.2) is 19.9 Å². The van der Waals surface area contributed by atoms with E-state index in [1.54, 1.807) is 0 Å². The van der Waals surface area contributed by atoms with Crippen LogP contribution < -0.4 is 0 Å². The molecule has 0 saturated heterocycles. The Bertz CT molecular complexity index is 193. The SMILES string of the molecule is BCCCC(CCC)CCCC(=O)OC(C)C. The molecule has 100 valence electrons. The van der Waals surface area contributed by atoms with E-state index in [2.05, 4.69) is 14.8 Å². The summed E-state index contributed by atoms with van der Waals surface area (Å²) in [6.07, 6.45) is 9.25. The van der Waals surface area contributed by atoms with Crippen LogP contribution >= 0.6 is 0 Å². The first-order valence-corrected chi connectivity index (χ1v) is 7.29. The molecule has 1 atom stereocenters. The van der Waals surface area contributed by atoms with Crippen molar-refractivity contribution < 1.29 is 9.53 Å². The van der Waals surface area contributed by atoms with Crippen LogP contribution in [0.5, 0.6) is 0 Å². The first-order chi connectivity index (χ1) is 8.10. The van der Waals surface area contributed by atoms with Crippen LogP contribution in [0.4, 0.5) is 0 Å². The van der Waals surface area contributed by atoms with Crippen molar-refractivity contribution in [3.05, 3.63) is 0 Å². The molecule has 0 radical (unpaired) electrons. The summed E-state index contributed by atoms with van der Waals surface area (Å²) in [5, 5.41) is 0. The first kappa shape index (κ1) is 16.5. The molecule has 2 nitrogen and oxygen atoms in total. The van der Waals surface area contributed by atoms with Crippen molar-refractivity contribution in [2.75, 3.05) is 0 Å². The van der Waals surface area contributed by atoms with Crippen LogP contribution in [-0.2, 0) is 9.53 Å². The van der Waals surface area contributed by atoms with Gasteiger partial charge in [-0.25, -0.2) is 0 Å². The highest BCUT2D eigenvalue weighted by molar-refractivity contribution is 6.08. The highest BCUT2D eigenvalue weighted by Gasteiger charge is 2.10. The zero-order valence-corrected chi connectivity index (χ0v) is 12.1. The predicted molar refractivity (Wildman–Crippen MR) is 76.1 cm³/mol. The molecule has 0 fully saturated rings. The second-order valence-electron chi connectivity index (χ2n) is 5.23. The van der Waals surface area contributed by atoms with Crippen LogP contribution in [0.3, 0.4) is 0 Å². The molecule has 0 amide bonds. The van der Waals surface area contributed by atoms with Crippen LogP contribution in [0.1, 0.15) is 65.7 Å². The fraction of sp³-hybridized carbons (Fsp3) is 0.929. The third kappa shape index (κ3) is 10.4. The lowest BCUT2D eigenvalue weighted by atomic mass is 9.89. The van der Waals surface area contributed by atoms with Crippen molar-refractivity contribution in [1.82, 2.24) is 0 Å². The molecule has 0 saturated carbocycles. The molecular formula is C14H29BO2. The van der Waals surface area contributed by atoms with Crippen molar-refractivity contribution in [3.63, 3.8) is 0 Å². The van der Waals surface area contributed by atoms with Gasteiger partial charge < -0.3 is 4.74 Å². The van der Waals surface area contributed by atoms with Crippen LogP contribution in [0.2, 0.25) is 6.32 Å². The average Bonchev–Trinajstić information content (AvgIpc) is 2.24. The fourth-order valence-corrected chi connectivity index (χ4v) is 2.19. The molecule has 0 aromatic rings. The molecule has 0 aliphatic carbocycles. The first-order valence-electron chi connectivity index (χ1n) is 7.29. The van der Waals surface area contributed by atoms with E-state index in [-0.39, 0.29) is 12.1 Å². The van der Waals surface area contributed by atoms with Gasteiger partial charge in [-0.2, -0.15) is 0 Å². The van der Waals surface area contributed by atoms with Crippen molar-refractivity contribution in [2.24, 2.45) is 5.92 Å². The number of carbonyl (C=O) groups is 1. The molecule has 0 N–H and O–H groups in total. The third-order valence-corrected chi connectivity index (χ3v) is 3.02. The topological polar surface area (TPSA) is 26.3 Å². The van der Waals surface area contributed by atoms with E-state index in [0.717, 1.165) is 12.3 Å². The van der Waals surface area contributed by atoms with E-state index in [4.69, 9.17) is 4.74 Å². The standard InChI is InChI=1S/C14H29BO2/c1-4-7-13(9-6-11-15)8-5-10-14(16)17-12(2)3/h12-13H,4-11,15H2,1-3H3. The van der Waals surface area contributed by atoms with Gasteiger partial charge in [0.15, 0.2) is 0 Å². The van der Waals surface area contributed by atoms with E-state index in [1.807, 2.05) is 13.8 Å².